The van der Waals surface area contributed by atoms with Crippen molar-refractivity contribution in [1.29, 1.82) is 0 Å². The van der Waals surface area contributed by atoms with Gasteiger partial charge in [-0.15, -0.1) is 0 Å². The number of pyridine rings is 1. The Hall–Kier alpha value is -3.13. The molecule has 1 saturated heterocycles. The molecule has 29 heavy (non-hydrogen) atoms. The van der Waals surface area contributed by atoms with Crippen molar-refractivity contribution in [1.82, 2.24) is 19.9 Å². The molecule has 4 N–H and O–H groups in total. The van der Waals surface area contributed by atoms with Crippen LogP contribution < -0.4 is 21.1 Å². The number of nitrogens with zero attached hydrogens (tertiary/aromatic N) is 3. The number of amides is 1. The molecule has 1 amide bonds. The zero-order chi connectivity index (χ0) is 20.6. The fourth-order valence-electron chi connectivity index (χ4n) is 3.84. The lowest BCUT2D eigenvalue weighted by molar-refractivity contribution is 0.100. The molecule has 8 nitrogen and oxygen atoms in total. The summed E-state index contributed by atoms with van der Waals surface area (Å²) in [5.74, 6) is 0.0604. The molecule has 1 aliphatic rings. The van der Waals surface area contributed by atoms with Gasteiger partial charge in [0.05, 0.1) is 30.1 Å². The summed E-state index contributed by atoms with van der Waals surface area (Å²) in [5.41, 5.74) is 9.50. The number of methoxy groups -OCH3 is 1. The number of hydrogen-bond acceptors (Lipinski definition) is 6. The first-order chi connectivity index (χ1) is 13.9. The minimum Gasteiger partial charge on any atom is -0.481 e. The van der Waals surface area contributed by atoms with Crippen LogP contribution in [0, 0.1) is 5.41 Å². The van der Waals surface area contributed by atoms with Crippen molar-refractivity contribution in [2.75, 3.05) is 25.5 Å². The van der Waals surface area contributed by atoms with Crippen molar-refractivity contribution in [2.45, 2.75) is 26.3 Å². The van der Waals surface area contributed by atoms with Gasteiger partial charge in [0.1, 0.15) is 0 Å². The van der Waals surface area contributed by atoms with E-state index in [-0.39, 0.29) is 11.5 Å². The average Bonchev–Trinajstić information content (AvgIpc) is 3.14. The zero-order valence-electron chi connectivity index (χ0n) is 16.9. The first-order valence-corrected chi connectivity index (χ1v) is 9.68. The Morgan fingerprint density at radius 1 is 1.34 bits per heavy atom. The van der Waals surface area contributed by atoms with Crippen LogP contribution in [0.1, 0.15) is 30.6 Å². The molecule has 0 unspecified atom stereocenters. The van der Waals surface area contributed by atoms with Gasteiger partial charge in [-0.3, -0.25) is 4.79 Å². The number of nitrogens with one attached hydrogen (secondary N) is 2. The number of aromatic nitrogens is 3. The number of carbonyl (C=O) groups excluding carboxylic acids is 1. The highest BCUT2D eigenvalue weighted by Gasteiger charge is 2.33. The number of ether oxygens (including phenoxy) is 1. The first-order valence-electron chi connectivity index (χ1n) is 9.68. The summed E-state index contributed by atoms with van der Waals surface area (Å²) in [6.07, 6.45) is 6.16. The monoisotopic (exact) mass is 394 g/mol. The minimum absolute atomic E-state index is 0.0305. The molecule has 8 heteroatoms. The van der Waals surface area contributed by atoms with Crippen LogP contribution in [0.15, 0.2) is 36.8 Å². The summed E-state index contributed by atoms with van der Waals surface area (Å²) in [6.45, 7) is 6.26. The van der Waals surface area contributed by atoms with E-state index < -0.39 is 5.91 Å². The maximum absolute atomic E-state index is 12.1. The van der Waals surface area contributed by atoms with E-state index in [1.54, 1.807) is 17.8 Å². The Kier molecular flexibility index (Phi) is 4.87. The largest absolute Gasteiger partial charge is 0.481 e. The van der Waals surface area contributed by atoms with Gasteiger partial charge in [-0.1, -0.05) is 13.8 Å². The molecular weight excluding hydrogens is 368 g/mol. The smallest absolute Gasteiger partial charge is 0.252 e. The third kappa shape index (κ3) is 3.63. The first kappa shape index (κ1) is 19.2. The average molecular weight is 394 g/mol. The standard InChI is InChI=1S/C21H26N6O2/c1-21(2)12-23-7-6-17(21)26-19-15(20(22)28)10-25-27-11-14(8-16(19)27)13-4-5-18(29-3)24-9-13/h4-5,8-11,17,23,26H,6-7,12H2,1-3H3,(H2,22,28)/t17-/m1/s1. The Bertz CT molecular complexity index is 1040. The molecule has 0 spiro atoms. The van der Waals surface area contributed by atoms with Crippen LogP contribution in [0.3, 0.4) is 0 Å². The summed E-state index contributed by atoms with van der Waals surface area (Å²) in [5, 5.41) is 11.4. The van der Waals surface area contributed by atoms with Crippen molar-refractivity contribution in [3.63, 3.8) is 0 Å². The predicted octanol–water partition coefficient (Wildman–Crippen LogP) is 2.30. The summed E-state index contributed by atoms with van der Waals surface area (Å²) < 4.78 is 6.90. The lowest BCUT2D eigenvalue weighted by atomic mass is 9.80. The summed E-state index contributed by atoms with van der Waals surface area (Å²) in [6, 6.07) is 5.96. The summed E-state index contributed by atoms with van der Waals surface area (Å²) in [7, 11) is 1.59. The van der Waals surface area contributed by atoms with Crippen LogP contribution in [-0.4, -0.2) is 46.7 Å². The molecule has 0 aliphatic carbocycles. The fraction of sp³-hybridized carbons (Fsp3) is 0.381. The number of fused-ring (bicyclic) bond motifs is 1. The van der Waals surface area contributed by atoms with E-state index in [0.717, 1.165) is 41.8 Å². The van der Waals surface area contributed by atoms with Crippen molar-refractivity contribution in [2.24, 2.45) is 11.1 Å². The molecule has 1 fully saturated rings. The number of primary amides is 1. The molecule has 4 heterocycles. The van der Waals surface area contributed by atoms with Crippen LogP contribution >= 0.6 is 0 Å². The second kappa shape index (κ2) is 7.36. The van der Waals surface area contributed by atoms with Gasteiger partial charge in [0, 0.05) is 42.2 Å². The summed E-state index contributed by atoms with van der Waals surface area (Å²) in [4.78, 5) is 16.4. The topological polar surface area (TPSA) is 107 Å². The molecule has 0 saturated carbocycles. The molecule has 0 bridgehead atoms. The van der Waals surface area contributed by atoms with Gasteiger partial charge in [-0.2, -0.15) is 5.10 Å². The van der Waals surface area contributed by atoms with E-state index in [9.17, 15) is 4.79 Å². The van der Waals surface area contributed by atoms with Crippen LogP contribution in [0.25, 0.3) is 16.6 Å². The van der Waals surface area contributed by atoms with Gasteiger partial charge in [0.25, 0.3) is 5.91 Å². The lowest BCUT2D eigenvalue weighted by Gasteiger charge is -2.40. The number of anilines is 1. The number of piperidine rings is 1. The third-order valence-electron chi connectivity index (χ3n) is 5.63. The second-order valence-corrected chi connectivity index (χ2v) is 8.10. The van der Waals surface area contributed by atoms with Crippen LogP contribution in [0.5, 0.6) is 5.88 Å². The van der Waals surface area contributed by atoms with E-state index in [1.807, 2.05) is 24.4 Å². The van der Waals surface area contributed by atoms with Crippen molar-refractivity contribution < 1.29 is 9.53 Å². The molecule has 1 aliphatic heterocycles. The van der Waals surface area contributed by atoms with Crippen LogP contribution in [0.2, 0.25) is 0 Å². The van der Waals surface area contributed by atoms with E-state index in [4.69, 9.17) is 10.5 Å². The highest BCUT2D eigenvalue weighted by atomic mass is 16.5. The number of rotatable bonds is 5. The van der Waals surface area contributed by atoms with E-state index >= 15 is 0 Å². The number of nitrogens with two attached hydrogens (primary N) is 1. The van der Waals surface area contributed by atoms with Crippen molar-refractivity contribution in [3.05, 3.63) is 42.4 Å². The molecule has 0 aromatic carbocycles. The number of carbonyl (C=O) groups is 1. The van der Waals surface area contributed by atoms with Gasteiger partial charge >= 0.3 is 0 Å². The number of hydrogen-bond donors (Lipinski definition) is 3. The Morgan fingerprint density at radius 3 is 2.83 bits per heavy atom. The quantitative estimate of drug-likeness (QED) is 0.613. The maximum Gasteiger partial charge on any atom is 0.252 e. The molecular formula is C21H26N6O2. The van der Waals surface area contributed by atoms with Gasteiger partial charge in [-0.05, 0) is 30.5 Å². The van der Waals surface area contributed by atoms with Crippen LogP contribution in [-0.2, 0) is 0 Å². The third-order valence-corrected chi connectivity index (χ3v) is 5.63. The molecule has 4 rings (SSSR count). The minimum atomic E-state index is -0.497. The van der Waals surface area contributed by atoms with E-state index in [0.29, 0.717) is 11.4 Å². The van der Waals surface area contributed by atoms with Crippen molar-refractivity contribution >= 4 is 17.1 Å². The second-order valence-electron chi connectivity index (χ2n) is 8.10. The lowest BCUT2D eigenvalue weighted by Crippen LogP contribution is -2.50. The SMILES string of the molecule is COc1ccc(-c2cc3c(N[C@@H]4CCNCC4(C)C)c(C(N)=O)cnn3c2)cn1. The van der Waals surface area contributed by atoms with Gasteiger partial charge in [0.2, 0.25) is 5.88 Å². The molecule has 3 aromatic heterocycles. The van der Waals surface area contributed by atoms with Crippen molar-refractivity contribution in [3.8, 4) is 17.0 Å². The molecule has 152 valence electrons. The normalized spacial score (nSPS) is 18.5. The zero-order valence-corrected chi connectivity index (χ0v) is 16.9. The van der Waals surface area contributed by atoms with Gasteiger partial charge in [0.15, 0.2) is 0 Å². The highest BCUT2D eigenvalue weighted by Crippen LogP contribution is 2.33. The predicted molar refractivity (Wildman–Crippen MR) is 112 cm³/mol. The molecule has 0 radical (unpaired) electrons. The van der Waals surface area contributed by atoms with Crippen LogP contribution in [0.4, 0.5) is 5.69 Å². The molecule has 3 aromatic rings. The Morgan fingerprint density at radius 2 is 2.17 bits per heavy atom. The van der Waals surface area contributed by atoms with E-state index in [2.05, 4.69) is 34.6 Å². The Balaban J connectivity index is 1.79. The van der Waals surface area contributed by atoms with E-state index in [1.165, 1.54) is 6.20 Å². The molecule has 1 atom stereocenters. The maximum atomic E-state index is 12.1. The fourth-order valence-corrected chi connectivity index (χ4v) is 3.84. The Labute approximate surface area is 169 Å². The highest BCUT2D eigenvalue weighted by molar-refractivity contribution is 6.02. The van der Waals surface area contributed by atoms with Gasteiger partial charge in [-0.25, -0.2) is 9.50 Å². The summed E-state index contributed by atoms with van der Waals surface area (Å²) >= 11 is 0. The van der Waals surface area contributed by atoms with Gasteiger partial charge < -0.3 is 21.1 Å².